The molecule has 0 fully saturated rings. The van der Waals surface area contributed by atoms with E-state index in [2.05, 4.69) is 15.5 Å². The van der Waals surface area contributed by atoms with Crippen LogP contribution in [0.5, 0.6) is 5.75 Å². The van der Waals surface area contributed by atoms with Crippen molar-refractivity contribution in [3.63, 3.8) is 0 Å². The number of ether oxygens (including phenoxy) is 1. The van der Waals surface area contributed by atoms with Gasteiger partial charge in [0.1, 0.15) is 5.75 Å². The van der Waals surface area contributed by atoms with Gasteiger partial charge in [-0.2, -0.15) is 0 Å². The number of nitrogens with two attached hydrogens (primary N) is 1. The number of carbonyl (C=O) groups is 1. The van der Waals surface area contributed by atoms with Gasteiger partial charge in [-0.25, -0.2) is 4.68 Å². The van der Waals surface area contributed by atoms with Crippen LogP contribution in [-0.4, -0.2) is 33.6 Å². The van der Waals surface area contributed by atoms with Gasteiger partial charge in [0.15, 0.2) is 5.82 Å². The van der Waals surface area contributed by atoms with Gasteiger partial charge in [-0.15, -0.1) is 10.2 Å². The standard InChI is InChI=1S/C19H20ClN5O2S/c1-12(14-4-3-5-15(20)10-14)22-17(26)11-28-19-24-23-18(25(19)21)13-6-8-16(27-2)9-7-13/h3-10,12H,11,21H2,1-2H3,(H,22,26)/t12-/m0/s1. The Morgan fingerprint density at radius 1 is 1.29 bits per heavy atom. The molecule has 0 unspecified atom stereocenters. The number of halogens is 1. The second kappa shape index (κ2) is 8.99. The number of amides is 1. The van der Waals surface area contributed by atoms with Crippen molar-refractivity contribution in [1.82, 2.24) is 20.2 Å². The molecular formula is C19H20ClN5O2S. The molecule has 1 atom stereocenters. The largest absolute Gasteiger partial charge is 0.497 e. The van der Waals surface area contributed by atoms with Crippen LogP contribution < -0.4 is 15.9 Å². The summed E-state index contributed by atoms with van der Waals surface area (Å²) in [4.78, 5) is 12.3. The summed E-state index contributed by atoms with van der Waals surface area (Å²) in [6.45, 7) is 1.90. The summed E-state index contributed by atoms with van der Waals surface area (Å²) >= 11 is 7.22. The van der Waals surface area contributed by atoms with Crippen molar-refractivity contribution in [3.05, 3.63) is 59.1 Å². The normalized spacial score (nSPS) is 11.8. The first kappa shape index (κ1) is 20.0. The molecule has 1 amide bonds. The average Bonchev–Trinajstić information content (AvgIpc) is 3.07. The zero-order chi connectivity index (χ0) is 20.1. The Kier molecular flexibility index (Phi) is 6.43. The number of hydrogen-bond acceptors (Lipinski definition) is 6. The van der Waals surface area contributed by atoms with E-state index in [9.17, 15) is 4.79 Å². The molecule has 1 heterocycles. The fourth-order valence-electron chi connectivity index (χ4n) is 2.58. The average molecular weight is 418 g/mol. The van der Waals surface area contributed by atoms with E-state index in [1.54, 1.807) is 13.2 Å². The second-order valence-corrected chi connectivity index (χ2v) is 7.42. The smallest absolute Gasteiger partial charge is 0.230 e. The van der Waals surface area contributed by atoms with Gasteiger partial charge in [-0.3, -0.25) is 4.79 Å². The van der Waals surface area contributed by atoms with Crippen molar-refractivity contribution in [2.45, 2.75) is 18.1 Å². The molecule has 0 aliphatic heterocycles. The summed E-state index contributed by atoms with van der Waals surface area (Å²) in [6, 6.07) is 14.6. The Morgan fingerprint density at radius 2 is 2.04 bits per heavy atom. The molecule has 0 aliphatic carbocycles. The van der Waals surface area contributed by atoms with Crippen LogP contribution in [0.25, 0.3) is 11.4 Å². The Morgan fingerprint density at radius 3 is 2.71 bits per heavy atom. The van der Waals surface area contributed by atoms with Crippen LogP contribution >= 0.6 is 23.4 Å². The number of nitrogens with one attached hydrogen (secondary N) is 1. The lowest BCUT2D eigenvalue weighted by atomic mass is 10.1. The van der Waals surface area contributed by atoms with E-state index >= 15 is 0 Å². The Bertz CT molecular complexity index is 961. The number of hydrogen-bond donors (Lipinski definition) is 2. The molecule has 1 aromatic heterocycles. The third-order valence-electron chi connectivity index (χ3n) is 4.07. The zero-order valence-electron chi connectivity index (χ0n) is 15.4. The van der Waals surface area contributed by atoms with Gasteiger partial charge in [0, 0.05) is 10.6 Å². The molecule has 0 saturated carbocycles. The highest BCUT2D eigenvalue weighted by atomic mass is 35.5. The first-order valence-electron chi connectivity index (χ1n) is 8.50. The molecule has 0 aliphatic rings. The van der Waals surface area contributed by atoms with E-state index in [4.69, 9.17) is 22.2 Å². The van der Waals surface area contributed by atoms with Crippen LogP contribution in [0.2, 0.25) is 5.02 Å². The summed E-state index contributed by atoms with van der Waals surface area (Å²) < 4.78 is 6.52. The van der Waals surface area contributed by atoms with Crippen molar-refractivity contribution in [3.8, 4) is 17.1 Å². The lowest BCUT2D eigenvalue weighted by molar-refractivity contribution is -0.119. The summed E-state index contributed by atoms with van der Waals surface area (Å²) in [7, 11) is 1.60. The van der Waals surface area contributed by atoms with Gasteiger partial charge in [0.2, 0.25) is 11.1 Å². The molecule has 0 radical (unpaired) electrons. The minimum Gasteiger partial charge on any atom is -0.497 e. The van der Waals surface area contributed by atoms with Crippen molar-refractivity contribution < 1.29 is 9.53 Å². The van der Waals surface area contributed by atoms with Crippen molar-refractivity contribution >= 4 is 29.3 Å². The highest BCUT2D eigenvalue weighted by molar-refractivity contribution is 7.99. The van der Waals surface area contributed by atoms with Gasteiger partial charge in [-0.1, -0.05) is 35.5 Å². The van der Waals surface area contributed by atoms with E-state index in [0.29, 0.717) is 16.0 Å². The summed E-state index contributed by atoms with van der Waals surface area (Å²) in [5.74, 6) is 7.39. The van der Waals surface area contributed by atoms with Gasteiger partial charge in [0.25, 0.3) is 0 Å². The van der Waals surface area contributed by atoms with Gasteiger partial charge < -0.3 is 15.9 Å². The van der Waals surface area contributed by atoms with Crippen LogP contribution in [0.4, 0.5) is 0 Å². The molecule has 3 rings (SSSR count). The number of methoxy groups -OCH3 is 1. The minimum absolute atomic E-state index is 0.133. The fourth-order valence-corrected chi connectivity index (χ4v) is 3.45. The molecular weight excluding hydrogens is 398 g/mol. The maximum atomic E-state index is 12.3. The van der Waals surface area contributed by atoms with Crippen LogP contribution in [0.3, 0.4) is 0 Å². The van der Waals surface area contributed by atoms with Gasteiger partial charge in [0.05, 0.1) is 18.9 Å². The molecule has 3 aromatic rings. The summed E-state index contributed by atoms with van der Waals surface area (Å²) in [5, 5.41) is 12.2. The molecule has 3 N–H and O–H groups in total. The Hall–Kier alpha value is -2.71. The highest BCUT2D eigenvalue weighted by Gasteiger charge is 2.15. The van der Waals surface area contributed by atoms with Crippen LogP contribution in [-0.2, 0) is 4.79 Å². The summed E-state index contributed by atoms with van der Waals surface area (Å²) in [6.07, 6.45) is 0. The molecule has 0 spiro atoms. The third-order valence-corrected chi connectivity index (χ3v) is 5.25. The van der Waals surface area contributed by atoms with E-state index < -0.39 is 0 Å². The summed E-state index contributed by atoms with van der Waals surface area (Å²) in [5.41, 5.74) is 1.75. The lowest BCUT2D eigenvalue weighted by Crippen LogP contribution is -2.28. The quantitative estimate of drug-likeness (QED) is 0.452. The van der Waals surface area contributed by atoms with Crippen molar-refractivity contribution in [2.24, 2.45) is 0 Å². The molecule has 146 valence electrons. The lowest BCUT2D eigenvalue weighted by Gasteiger charge is -2.14. The Balaban J connectivity index is 1.60. The van der Waals surface area contributed by atoms with Crippen LogP contribution in [0.1, 0.15) is 18.5 Å². The number of rotatable bonds is 7. The number of aromatic nitrogens is 3. The van der Waals surface area contributed by atoms with Gasteiger partial charge >= 0.3 is 0 Å². The van der Waals surface area contributed by atoms with Crippen molar-refractivity contribution in [2.75, 3.05) is 18.7 Å². The molecule has 9 heteroatoms. The van der Waals surface area contributed by atoms with E-state index in [1.807, 2.05) is 49.4 Å². The number of nitrogen functional groups attached to an aromatic ring is 1. The van der Waals surface area contributed by atoms with Crippen LogP contribution in [0, 0.1) is 0 Å². The fraction of sp³-hybridized carbons (Fsp3) is 0.211. The first-order valence-corrected chi connectivity index (χ1v) is 9.87. The topological polar surface area (TPSA) is 95.1 Å². The van der Waals surface area contributed by atoms with Crippen LogP contribution in [0.15, 0.2) is 53.7 Å². The zero-order valence-corrected chi connectivity index (χ0v) is 17.0. The minimum atomic E-state index is -0.155. The predicted molar refractivity (Wildman–Crippen MR) is 111 cm³/mol. The number of benzene rings is 2. The predicted octanol–water partition coefficient (Wildman–Crippen LogP) is 3.29. The molecule has 0 saturated heterocycles. The maximum absolute atomic E-state index is 12.3. The number of nitrogens with zero attached hydrogens (tertiary/aromatic N) is 3. The second-order valence-electron chi connectivity index (χ2n) is 6.04. The number of thioether (sulfide) groups is 1. The molecule has 7 nitrogen and oxygen atoms in total. The molecule has 28 heavy (non-hydrogen) atoms. The van der Waals surface area contributed by atoms with E-state index in [-0.39, 0.29) is 17.7 Å². The third kappa shape index (κ3) is 4.76. The molecule has 2 aromatic carbocycles. The van der Waals surface area contributed by atoms with E-state index in [0.717, 1.165) is 16.9 Å². The molecule has 0 bridgehead atoms. The number of carbonyl (C=O) groups excluding carboxylic acids is 1. The monoisotopic (exact) mass is 417 g/mol. The SMILES string of the molecule is COc1ccc(-c2nnc(SCC(=O)N[C@@H](C)c3cccc(Cl)c3)n2N)cc1. The van der Waals surface area contributed by atoms with Crippen molar-refractivity contribution in [1.29, 1.82) is 0 Å². The first-order chi connectivity index (χ1) is 13.5. The van der Waals surface area contributed by atoms with Gasteiger partial charge in [-0.05, 0) is 48.9 Å². The Labute approximate surface area is 172 Å². The maximum Gasteiger partial charge on any atom is 0.230 e. The highest BCUT2D eigenvalue weighted by Crippen LogP contribution is 2.24. The van der Waals surface area contributed by atoms with E-state index in [1.165, 1.54) is 16.4 Å².